The van der Waals surface area contributed by atoms with E-state index in [-0.39, 0.29) is 12.7 Å². The highest BCUT2D eigenvalue weighted by molar-refractivity contribution is 5.76. The Morgan fingerprint density at radius 3 is 2.56 bits per heavy atom. The summed E-state index contributed by atoms with van der Waals surface area (Å²) < 4.78 is 10.0. The number of benzene rings is 1. The third-order valence-corrected chi connectivity index (χ3v) is 2.37. The van der Waals surface area contributed by atoms with Crippen LogP contribution < -0.4 is 5.73 Å². The topological polar surface area (TPSA) is 61.5 Å². The van der Waals surface area contributed by atoms with Crippen molar-refractivity contribution in [2.75, 3.05) is 7.11 Å². The number of hydrogen-bond acceptors (Lipinski definition) is 4. The van der Waals surface area contributed by atoms with Crippen LogP contribution in [0.4, 0.5) is 0 Å². The van der Waals surface area contributed by atoms with Crippen molar-refractivity contribution < 1.29 is 14.3 Å². The molecule has 0 aliphatic heterocycles. The number of hydrogen-bond donors (Lipinski definition) is 1. The fraction of sp³-hybridized carbons (Fsp3) is 0.417. The molecule has 88 valence electrons. The minimum atomic E-state index is -0.742. The zero-order valence-corrected chi connectivity index (χ0v) is 9.55. The number of nitrogens with two attached hydrogens (primary N) is 1. The van der Waals surface area contributed by atoms with Crippen molar-refractivity contribution in [2.24, 2.45) is 5.73 Å². The number of methoxy groups -OCH3 is 1. The van der Waals surface area contributed by atoms with Crippen molar-refractivity contribution in [3.8, 4) is 0 Å². The number of ether oxygens (including phenoxy) is 2. The lowest BCUT2D eigenvalue weighted by molar-refractivity contribution is -0.149. The Morgan fingerprint density at radius 2 is 2.00 bits per heavy atom. The van der Waals surface area contributed by atoms with Gasteiger partial charge in [0, 0.05) is 7.11 Å². The molecular weight excluding hydrogens is 206 g/mol. The fourth-order valence-electron chi connectivity index (χ4n) is 1.16. The van der Waals surface area contributed by atoms with Gasteiger partial charge in [-0.25, -0.2) is 0 Å². The molecule has 0 amide bonds. The molecule has 1 rings (SSSR count). The quantitative estimate of drug-likeness (QED) is 0.759. The first kappa shape index (κ1) is 12.7. The lowest BCUT2D eigenvalue weighted by atomic mass is 10.2. The zero-order valence-electron chi connectivity index (χ0n) is 9.55. The van der Waals surface area contributed by atoms with Crippen molar-refractivity contribution in [3.63, 3.8) is 0 Å². The van der Waals surface area contributed by atoms with Crippen LogP contribution in [0.5, 0.6) is 0 Å². The monoisotopic (exact) mass is 223 g/mol. The number of rotatable bonds is 5. The van der Waals surface area contributed by atoms with Crippen LogP contribution in [0.3, 0.4) is 0 Å². The second kappa shape index (κ2) is 6.25. The van der Waals surface area contributed by atoms with Crippen molar-refractivity contribution in [3.05, 3.63) is 35.9 Å². The second-order valence-electron chi connectivity index (χ2n) is 3.56. The molecule has 0 radical (unpaired) electrons. The molecule has 0 spiro atoms. The van der Waals surface area contributed by atoms with Gasteiger partial charge in [0.15, 0.2) is 0 Å². The van der Waals surface area contributed by atoms with Gasteiger partial charge in [-0.2, -0.15) is 0 Å². The number of carbonyl (C=O) groups is 1. The second-order valence-corrected chi connectivity index (χ2v) is 3.56. The molecule has 2 atom stereocenters. The third-order valence-electron chi connectivity index (χ3n) is 2.37. The SMILES string of the molecule is CO[C@@H](C)[C@@H](N)C(=O)OCc1ccccc1. The molecule has 2 N–H and O–H groups in total. The predicted molar refractivity (Wildman–Crippen MR) is 60.7 cm³/mol. The summed E-state index contributed by atoms with van der Waals surface area (Å²) in [4.78, 5) is 11.5. The molecule has 0 aromatic heterocycles. The van der Waals surface area contributed by atoms with Gasteiger partial charge in [0.2, 0.25) is 0 Å². The molecule has 4 heteroatoms. The first-order valence-corrected chi connectivity index (χ1v) is 5.14. The highest BCUT2D eigenvalue weighted by Crippen LogP contribution is 2.03. The molecule has 0 bridgehead atoms. The average molecular weight is 223 g/mol. The molecule has 0 aliphatic rings. The molecule has 0 fully saturated rings. The van der Waals surface area contributed by atoms with E-state index >= 15 is 0 Å². The summed E-state index contributed by atoms with van der Waals surface area (Å²) in [5, 5.41) is 0. The van der Waals surface area contributed by atoms with E-state index in [9.17, 15) is 4.79 Å². The number of esters is 1. The highest BCUT2D eigenvalue weighted by atomic mass is 16.5. The normalized spacial score (nSPS) is 14.2. The van der Waals surface area contributed by atoms with E-state index in [1.54, 1.807) is 6.92 Å². The summed E-state index contributed by atoms with van der Waals surface area (Å²) in [7, 11) is 1.51. The van der Waals surface area contributed by atoms with Crippen LogP contribution in [0.2, 0.25) is 0 Å². The molecule has 0 saturated carbocycles. The molecular formula is C12H17NO3. The van der Waals surface area contributed by atoms with Gasteiger partial charge in [0.1, 0.15) is 12.6 Å². The van der Waals surface area contributed by atoms with E-state index in [1.807, 2.05) is 30.3 Å². The van der Waals surface area contributed by atoms with Gasteiger partial charge in [-0.1, -0.05) is 30.3 Å². The van der Waals surface area contributed by atoms with Crippen LogP contribution in [0.25, 0.3) is 0 Å². The Bertz CT molecular complexity index is 326. The third kappa shape index (κ3) is 3.64. The Morgan fingerprint density at radius 1 is 1.38 bits per heavy atom. The van der Waals surface area contributed by atoms with Crippen molar-refractivity contribution in [2.45, 2.75) is 25.7 Å². The van der Waals surface area contributed by atoms with E-state index in [4.69, 9.17) is 15.2 Å². The van der Waals surface area contributed by atoms with E-state index in [0.717, 1.165) is 5.56 Å². The largest absolute Gasteiger partial charge is 0.460 e. The van der Waals surface area contributed by atoms with Crippen molar-refractivity contribution in [1.82, 2.24) is 0 Å². The van der Waals surface area contributed by atoms with Crippen LogP contribution in [-0.2, 0) is 20.9 Å². The lowest BCUT2D eigenvalue weighted by Crippen LogP contribution is -2.42. The number of carbonyl (C=O) groups excluding carboxylic acids is 1. The summed E-state index contributed by atoms with van der Waals surface area (Å²) in [6.07, 6.45) is -0.344. The predicted octanol–water partition coefficient (Wildman–Crippen LogP) is 1.09. The van der Waals surface area contributed by atoms with Gasteiger partial charge in [-0.3, -0.25) is 4.79 Å². The Kier molecular flexibility index (Phi) is 4.95. The summed E-state index contributed by atoms with van der Waals surface area (Å²) >= 11 is 0. The summed E-state index contributed by atoms with van der Waals surface area (Å²) in [5.41, 5.74) is 6.57. The maximum absolute atomic E-state index is 11.5. The van der Waals surface area contributed by atoms with E-state index in [1.165, 1.54) is 7.11 Å². The maximum Gasteiger partial charge on any atom is 0.325 e. The minimum absolute atomic E-state index is 0.240. The minimum Gasteiger partial charge on any atom is -0.460 e. The summed E-state index contributed by atoms with van der Waals surface area (Å²) in [6.45, 7) is 1.97. The Labute approximate surface area is 95.3 Å². The van der Waals surface area contributed by atoms with Crippen LogP contribution in [0.15, 0.2) is 30.3 Å². The van der Waals surface area contributed by atoms with Gasteiger partial charge < -0.3 is 15.2 Å². The maximum atomic E-state index is 11.5. The smallest absolute Gasteiger partial charge is 0.325 e. The lowest BCUT2D eigenvalue weighted by Gasteiger charge is -2.16. The van der Waals surface area contributed by atoms with Crippen LogP contribution in [-0.4, -0.2) is 25.2 Å². The van der Waals surface area contributed by atoms with Crippen LogP contribution >= 0.6 is 0 Å². The van der Waals surface area contributed by atoms with E-state index in [2.05, 4.69) is 0 Å². The molecule has 4 nitrogen and oxygen atoms in total. The fourth-order valence-corrected chi connectivity index (χ4v) is 1.16. The van der Waals surface area contributed by atoms with E-state index < -0.39 is 12.0 Å². The molecule has 1 aromatic rings. The molecule has 0 aliphatic carbocycles. The van der Waals surface area contributed by atoms with Gasteiger partial charge in [0.05, 0.1) is 6.10 Å². The zero-order chi connectivity index (χ0) is 12.0. The first-order valence-electron chi connectivity index (χ1n) is 5.14. The van der Waals surface area contributed by atoms with Crippen molar-refractivity contribution >= 4 is 5.97 Å². The molecule has 16 heavy (non-hydrogen) atoms. The van der Waals surface area contributed by atoms with Gasteiger partial charge in [0.25, 0.3) is 0 Å². The molecule has 0 unspecified atom stereocenters. The van der Waals surface area contributed by atoms with Gasteiger partial charge in [-0.15, -0.1) is 0 Å². The molecule has 0 heterocycles. The van der Waals surface area contributed by atoms with Crippen LogP contribution in [0, 0.1) is 0 Å². The first-order chi connectivity index (χ1) is 7.65. The van der Waals surface area contributed by atoms with Crippen LogP contribution in [0.1, 0.15) is 12.5 Å². The standard InChI is InChI=1S/C12H17NO3/c1-9(15-2)11(13)12(14)16-8-10-6-4-3-5-7-10/h3-7,9,11H,8,13H2,1-2H3/t9-,11+/m0/s1. The highest BCUT2D eigenvalue weighted by Gasteiger charge is 2.21. The van der Waals surface area contributed by atoms with Gasteiger partial charge in [-0.05, 0) is 12.5 Å². The Balaban J connectivity index is 2.41. The Hall–Kier alpha value is -1.39. The average Bonchev–Trinajstić information content (AvgIpc) is 2.35. The molecule has 1 aromatic carbocycles. The summed E-state index contributed by atoms with van der Waals surface area (Å²) in [5.74, 6) is -0.446. The molecule has 0 saturated heterocycles. The summed E-state index contributed by atoms with van der Waals surface area (Å²) in [6, 6.07) is 8.72. The van der Waals surface area contributed by atoms with E-state index in [0.29, 0.717) is 0 Å². The van der Waals surface area contributed by atoms with Crippen molar-refractivity contribution in [1.29, 1.82) is 0 Å². The van der Waals surface area contributed by atoms with Gasteiger partial charge >= 0.3 is 5.97 Å².